The third-order valence-corrected chi connectivity index (χ3v) is 9.24. The second-order valence-corrected chi connectivity index (χ2v) is 12.1. The maximum atomic E-state index is 12.0. The van der Waals surface area contributed by atoms with Gasteiger partial charge in [-0.05, 0) is 57.4 Å². The lowest BCUT2D eigenvalue weighted by Gasteiger charge is -2.28. The molecule has 7 nitrogen and oxygen atoms in total. The molecule has 0 amide bonds. The number of hydroxylamine groups is 1. The molecule has 1 N–H and O–H groups in total. The van der Waals surface area contributed by atoms with Gasteiger partial charge >= 0.3 is 14.8 Å². The van der Waals surface area contributed by atoms with E-state index in [1.54, 1.807) is 6.08 Å². The second-order valence-electron chi connectivity index (χ2n) is 9.33. The van der Waals surface area contributed by atoms with Gasteiger partial charge in [-0.3, -0.25) is 0 Å². The van der Waals surface area contributed by atoms with Crippen molar-refractivity contribution in [2.24, 2.45) is 0 Å². The second kappa shape index (κ2) is 23.2. The van der Waals surface area contributed by atoms with Gasteiger partial charge in [0.2, 0.25) is 0 Å². The van der Waals surface area contributed by atoms with Crippen molar-refractivity contribution in [1.82, 2.24) is 5.48 Å². The molecule has 0 aliphatic heterocycles. The van der Waals surface area contributed by atoms with E-state index in [0.29, 0.717) is 38.8 Å². The van der Waals surface area contributed by atoms with Gasteiger partial charge in [-0.25, -0.2) is 4.79 Å². The van der Waals surface area contributed by atoms with Gasteiger partial charge < -0.3 is 22.9 Å². The van der Waals surface area contributed by atoms with Crippen molar-refractivity contribution < 1.29 is 27.6 Å². The van der Waals surface area contributed by atoms with Crippen molar-refractivity contribution in [2.75, 3.05) is 33.0 Å². The average molecular weight is 552 g/mol. The molecule has 0 heterocycles. The highest BCUT2D eigenvalue weighted by Gasteiger charge is 2.39. The fourth-order valence-corrected chi connectivity index (χ4v) is 6.77. The number of carbonyl (C=O) groups is 1. The molecule has 8 heteroatoms. The Morgan fingerprint density at radius 1 is 0.763 bits per heavy atom. The SMILES string of the molecule is CCCCCCCCCCCCOc1ccc(/C=C/C(=O)ONCCC[Si](OCC)(OCC)OCC)cc1. The van der Waals surface area contributed by atoms with Crippen molar-refractivity contribution in [3.63, 3.8) is 0 Å². The Morgan fingerprint density at radius 3 is 1.87 bits per heavy atom. The van der Waals surface area contributed by atoms with Crippen molar-refractivity contribution >= 4 is 20.8 Å². The fourth-order valence-electron chi connectivity index (χ4n) is 4.15. The van der Waals surface area contributed by atoms with Gasteiger partial charge in [0.05, 0.1) is 6.61 Å². The summed E-state index contributed by atoms with van der Waals surface area (Å²) in [6.45, 7) is 10.9. The first-order chi connectivity index (χ1) is 18.6. The number of hydrogen-bond acceptors (Lipinski definition) is 7. The maximum absolute atomic E-state index is 12.0. The molecule has 0 spiro atoms. The largest absolute Gasteiger partial charge is 0.500 e. The van der Waals surface area contributed by atoms with Crippen molar-refractivity contribution in [3.05, 3.63) is 35.9 Å². The molecule has 218 valence electrons. The van der Waals surface area contributed by atoms with Gasteiger partial charge in [-0.2, -0.15) is 5.48 Å². The van der Waals surface area contributed by atoms with E-state index in [2.05, 4.69) is 12.4 Å². The first-order valence-corrected chi connectivity index (χ1v) is 16.8. The van der Waals surface area contributed by atoms with Gasteiger partial charge in [0.15, 0.2) is 0 Å². The summed E-state index contributed by atoms with van der Waals surface area (Å²) >= 11 is 0. The number of ether oxygens (including phenoxy) is 1. The summed E-state index contributed by atoms with van der Waals surface area (Å²) in [7, 11) is -2.66. The molecule has 38 heavy (non-hydrogen) atoms. The van der Waals surface area contributed by atoms with Crippen LogP contribution in [0.2, 0.25) is 6.04 Å². The lowest BCUT2D eigenvalue weighted by molar-refractivity contribution is -0.144. The molecule has 1 aromatic rings. The predicted octanol–water partition coefficient (Wildman–Crippen LogP) is 7.49. The van der Waals surface area contributed by atoms with E-state index < -0.39 is 14.8 Å². The van der Waals surface area contributed by atoms with Crippen molar-refractivity contribution in [1.29, 1.82) is 0 Å². The number of unbranched alkanes of at least 4 members (excludes halogenated alkanes) is 9. The summed E-state index contributed by atoms with van der Waals surface area (Å²) in [5.74, 6) is 0.405. The molecule has 0 aromatic heterocycles. The molecule has 0 saturated carbocycles. The molecular weight excluding hydrogens is 498 g/mol. The quantitative estimate of drug-likeness (QED) is 0.0584. The lowest BCUT2D eigenvalue weighted by Crippen LogP contribution is -2.46. The van der Waals surface area contributed by atoms with Gasteiger partial charge in [-0.15, -0.1) is 0 Å². The molecule has 0 atom stereocenters. The van der Waals surface area contributed by atoms with E-state index in [1.165, 1.54) is 63.9 Å². The van der Waals surface area contributed by atoms with Gasteiger partial charge in [-0.1, -0.05) is 76.8 Å². The van der Waals surface area contributed by atoms with E-state index in [-0.39, 0.29) is 0 Å². The molecule has 1 rings (SSSR count). The molecule has 0 unspecified atom stereocenters. The van der Waals surface area contributed by atoms with Crippen LogP contribution in [0.25, 0.3) is 6.08 Å². The van der Waals surface area contributed by atoms with Gasteiger partial charge in [0.1, 0.15) is 5.75 Å². The van der Waals surface area contributed by atoms with Crippen LogP contribution in [0, 0.1) is 0 Å². The van der Waals surface area contributed by atoms with E-state index >= 15 is 0 Å². The Kier molecular flexibility index (Phi) is 20.9. The van der Waals surface area contributed by atoms with Crippen LogP contribution in [-0.2, 0) is 22.9 Å². The molecule has 0 radical (unpaired) electrons. The number of benzene rings is 1. The summed E-state index contributed by atoms with van der Waals surface area (Å²) < 4.78 is 23.3. The predicted molar refractivity (Wildman–Crippen MR) is 157 cm³/mol. The lowest BCUT2D eigenvalue weighted by atomic mass is 10.1. The van der Waals surface area contributed by atoms with Crippen LogP contribution in [-0.4, -0.2) is 47.7 Å². The highest BCUT2D eigenvalue weighted by atomic mass is 28.4. The third-order valence-electron chi connectivity index (χ3n) is 6.09. The van der Waals surface area contributed by atoms with Crippen molar-refractivity contribution in [3.8, 4) is 5.75 Å². The Labute approximate surface area is 232 Å². The Morgan fingerprint density at radius 2 is 1.32 bits per heavy atom. The highest BCUT2D eigenvalue weighted by Crippen LogP contribution is 2.18. The van der Waals surface area contributed by atoms with Gasteiger partial charge in [0, 0.05) is 38.5 Å². The van der Waals surface area contributed by atoms with Gasteiger partial charge in [0.25, 0.3) is 0 Å². The zero-order valence-electron chi connectivity index (χ0n) is 24.4. The highest BCUT2D eigenvalue weighted by molar-refractivity contribution is 6.60. The minimum Gasteiger partial charge on any atom is -0.494 e. The molecule has 1 aromatic carbocycles. The number of nitrogens with one attached hydrogen (secondary N) is 1. The maximum Gasteiger partial charge on any atom is 0.500 e. The Hall–Kier alpha value is -1.71. The first-order valence-electron chi connectivity index (χ1n) is 14.9. The van der Waals surface area contributed by atoms with Crippen LogP contribution in [0.1, 0.15) is 104 Å². The monoisotopic (exact) mass is 551 g/mol. The molecule has 0 saturated heterocycles. The van der Waals surface area contributed by atoms with Crippen LogP contribution in [0.5, 0.6) is 5.75 Å². The third kappa shape index (κ3) is 17.0. The molecular formula is C30H53NO6Si. The summed E-state index contributed by atoms with van der Waals surface area (Å²) in [6, 6.07) is 8.40. The van der Waals surface area contributed by atoms with Crippen LogP contribution in [0.4, 0.5) is 0 Å². The van der Waals surface area contributed by atoms with E-state index in [1.807, 2.05) is 45.0 Å². The zero-order valence-corrected chi connectivity index (χ0v) is 25.4. The first kappa shape index (κ1) is 34.3. The minimum atomic E-state index is -2.66. The number of carbonyl (C=O) groups excluding carboxylic acids is 1. The number of rotatable bonds is 25. The van der Waals surface area contributed by atoms with Crippen LogP contribution >= 0.6 is 0 Å². The summed E-state index contributed by atoms with van der Waals surface area (Å²) in [4.78, 5) is 17.1. The molecule has 0 aliphatic rings. The van der Waals surface area contributed by atoms with Crippen molar-refractivity contribution in [2.45, 2.75) is 104 Å². The van der Waals surface area contributed by atoms with E-state index in [4.69, 9.17) is 22.9 Å². The standard InChI is InChI=1S/C30H53NO6Si/c1-5-9-10-11-12-13-14-15-16-17-26-33-29-22-19-28(20-23-29)21-24-30(32)37-31-25-18-27-38(34-6-2,35-7-3)36-8-4/h19-24,31H,5-18,25-27H2,1-4H3/b24-21+. The smallest absolute Gasteiger partial charge is 0.494 e. The summed E-state index contributed by atoms with van der Waals surface area (Å²) in [5.41, 5.74) is 3.63. The molecule has 0 bridgehead atoms. The van der Waals surface area contributed by atoms with Crippen LogP contribution < -0.4 is 10.2 Å². The summed E-state index contributed by atoms with van der Waals surface area (Å²) in [5, 5.41) is 0. The van der Waals surface area contributed by atoms with E-state index in [0.717, 1.165) is 24.3 Å². The van der Waals surface area contributed by atoms with Crippen LogP contribution in [0.3, 0.4) is 0 Å². The average Bonchev–Trinajstić information content (AvgIpc) is 2.91. The number of hydrogen-bond donors (Lipinski definition) is 1. The van der Waals surface area contributed by atoms with E-state index in [9.17, 15) is 4.79 Å². The Bertz CT molecular complexity index is 711. The topological polar surface area (TPSA) is 75.3 Å². The Balaban J connectivity index is 2.18. The molecule has 0 aliphatic carbocycles. The zero-order chi connectivity index (χ0) is 27.7. The summed E-state index contributed by atoms with van der Waals surface area (Å²) in [6.07, 6.45) is 17.0. The normalized spacial score (nSPS) is 11.8. The van der Waals surface area contributed by atoms with Crippen LogP contribution in [0.15, 0.2) is 30.3 Å². The fraction of sp³-hybridized carbons (Fsp3) is 0.700. The minimum absolute atomic E-state index is 0.450. The molecule has 0 fully saturated rings.